The molecule has 7 heteroatoms. The van der Waals surface area contributed by atoms with Gasteiger partial charge in [0.25, 0.3) is 0 Å². The van der Waals surface area contributed by atoms with Gasteiger partial charge in [-0.2, -0.15) is 0 Å². The third-order valence-corrected chi connectivity index (χ3v) is 11.0. The zero-order valence-corrected chi connectivity index (χ0v) is 22.8. The average Bonchev–Trinajstić information content (AvgIpc) is 3.16. The van der Waals surface area contributed by atoms with Crippen LogP contribution in [0.25, 0.3) is 0 Å². The number of Topliss-reactive ketones (excluding diaryl/α,β-unsaturated/α-hetero) is 1. The predicted molar refractivity (Wildman–Crippen MR) is 133 cm³/mol. The fraction of sp³-hybridized carbons (Fsp3) is 0.862. The molecule has 202 valence electrons. The van der Waals surface area contributed by atoms with E-state index in [4.69, 9.17) is 14.2 Å². The molecule has 36 heavy (non-hydrogen) atoms. The summed E-state index contributed by atoms with van der Waals surface area (Å²) >= 11 is 0. The number of esters is 3. The summed E-state index contributed by atoms with van der Waals surface area (Å²) < 4.78 is 17.0. The van der Waals surface area contributed by atoms with Crippen molar-refractivity contribution in [2.75, 3.05) is 7.11 Å². The van der Waals surface area contributed by atoms with Crippen molar-refractivity contribution < 1.29 is 33.4 Å². The number of rotatable bonds is 6. The molecule has 0 amide bonds. The maximum atomic E-state index is 12.4. The lowest BCUT2D eigenvalue weighted by Crippen LogP contribution is -2.63. The molecule has 0 bridgehead atoms. The van der Waals surface area contributed by atoms with E-state index in [9.17, 15) is 19.2 Å². The van der Waals surface area contributed by atoms with Crippen LogP contribution in [-0.4, -0.2) is 43.0 Å². The van der Waals surface area contributed by atoms with Crippen LogP contribution < -0.4 is 0 Å². The van der Waals surface area contributed by atoms with Gasteiger partial charge in [0.15, 0.2) is 0 Å². The Morgan fingerprint density at radius 1 is 1.03 bits per heavy atom. The Morgan fingerprint density at radius 3 is 2.36 bits per heavy atom. The predicted octanol–water partition coefficient (Wildman–Crippen LogP) is 4.89. The Labute approximate surface area is 215 Å². The van der Waals surface area contributed by atoms with Gasteiger partial charge in [-0.1, -0.05) is 20.8 Å². The van der Waals surface area contributed by atoms with E-state index >= 15 is 0 Å². The van der Waals surface area contributed by atoms with Gasteiger partial charge >= 0.3 is 17.9 Å². The van der Waals surface area contributed by atoms with Gasteiger partial charge in [0, 0.05) is 44.4 Å². The minimum absolute atomic E-state index is 0.0382. The summed E-state index contributed by atoms with van der Waals surface area (Å²) in [4.78, 5) is 48.9. The maximum absolute atomic E-state index is 12.4. The van der Waals surface area contributed by atoms with Crippen molar-refractivity contribution in [2.24, 2.45) is 46.3 Å². The first-order chi connectivity index (χ1) is 16.9. The lowest BCUT2D eigenvalue weighted by atomic mass is 9.43. The molecule has 4 saturated carbocycles. The van der Waals surface area contributed by atoms with E-state index in [0.29, 0.717) is 25.0 Å². The van der Waals surface area contributed by atoms with Crippen LogP contribution in [0.1, 0.15) is 92.4 Å². The molecule has 0 aliphatic heterocycles. The zero-order valence-electron chi connectivity index (χ0n) is 22.8. The van der Waals surface area contributed by atoms with Crippen LogP contribution >= 0.6 is 0 Å². The van der Waals surface area contributed by atoms with Gasteiger partial charge in [-0.25, -0.2) is 0 Å². The van der Waals surface area contributed by atoms with E-state index in [1.165, 1.54) is 21.0 Å². The lowest BCUT2D eigenvalue weighted by Gasteiger charge is -2.63. The summed E-state index contributed by atoms with van der Waals surface area (Å²) in [6.07, 6.45) is 6.09. The van der Waals surface area contributed by atoms with Crippen LogP contribution in [0.2, 0.25) is 0 Å². The van der Waals surface area contributed by atoms with Gasteiger partial charge in [0.1, 0.15) is 18.0 Å². The Balaban J connectivity index is 1.72. The Morgan fingerprint density at radius 2 is 1.72 bits per heavy atom. The highest BCUT2D eigenvalue weighted by molar-refractivity contribution is 5.79. The van der Waals surface area contributed by atoms with E-state index in [-0.39, 0.29) is 76.5 Å². The molecule has 0 radical (unpaired) electrons. The summed E-state index contributed by atoms with van der Waals surface area (Å²) in [6.45, 7) is 9.76. The first kappa shape index (κ1) is 27.1. The molecule has 0 heterocycles. The minimum atomic E-state index is -0.269. The highest BCUT2D eigenvalue weighted by Crippen LogP contribution is 2.69. The highest BCUT2D eigenvalue weighted by Gasteiger charge is 2.67. The molecule has 4 aliphatic carbocycles. The first-order valence-corrected chi connectivity index (χ1v) is 13.8. The quantitative estimate of drug-likeness (QED) is 0.375. The Kier molecular flexibility index (Phi) is 7.60. The van der Waals surface area contributed by atoms with Gasteiger partial charge in [0.05, 0.1) is 7.11 Å². The molecule has 0 N–H and O–H groups in total. The molecule has 0 aromatic rings. The Bertz CT molecular complexity index is 898. The number of carbonyl (C=O) groups is 4. The lowest BCUT2D eigenvalue weighted by molar-refractivity contribution is -0.219. The van der Waals surface area contributed by atoms with E-state index in [0.717, 1.165) is 38.5 Å². The largest absolute Gasteiger partial charge is 0.469 e. The molecule has 0 unspecified atom stereocenters. The SMILES string of the molecule is COC(=O)CC[C@@H](C)[C@H]1CC[C@H]2[C@@H]3[C@H](OC(C)=O)C[C@@H]4CC(=O)CC[C@]4(C)[C@H]3C[C@H](OC(C)=O)[C@]12C. The summed E-state index contributed by atoms with van der Waals surface area (Å²) in [5.41, 5.74) is -0.308. The summed E-state index contributed by atoms with van der Waals surface area (Å²) in [5, 5.41) is 0. The average molecular weight is 505 g/mol. The maximum Gasteiger partial charge on any atom is 0.305 e. The minimum Gasteiger partial charge on any atom is -0.469 e. The molecule has 0 aromatic heterocycles. The van der Waals surface area contributed by atoms with Gasteiger partial charge in [-0.05, 0) is 73.5 Å². The smallest absolute Gasteiger partial charge is 0.305 e. The van der Waals surface area contributed by atoms with Gasteiger partial charge in [-0.15, -0.1) is 0 Å². The molecular formula is C29H44O7. The second-order valence-electron chi connectivity index (χ2n) is 12.6. The van der Waals surface area contributed by atoms with Crippen LogP contribution in [0.3, 0.4) is 0 Å². The number of fused-ring (bicyclic) bond motifs is 5. The molecule has 4 aliphatic rings. The molecule has 4 fully saturated rings. The van der Waals surface area contributed by atoms with E-state index < -0.39 is 0 Å². The monoisotopic (exact) mass is 504 g/mol. The van der Waals surface area contributed by atoms with Crippen molar-refractivity contribution in [3.05, 3.63) is 0 Å². The number of ketones is 1. The van der Waals surface area contributed by atoms with E-state index in [1.54, 1.807) is 0 Å². The van der Waals surface area contributed by atoms with Crippen molar-refractivity contribution in [1.82, 2.24) is 0 Å². The molecule has 7 nitrogen and oxygen atoms in total. The van der Waals surface area contributed by atoms with E-state index in [1.807, 2.05) is 0 Å². The number of hydrogen-bond acceptors (Lipinski definition) is 7. The third kappa shape index (κ3) is 4.60. The second kappa shape index (κ2) is 10.1. The fourth-order valence-electron chi connectivity index (χ4n) is 9.25. The zero-order chi connectivity index (χ0) is 26.4. The van der Waals surface area contributed by atoms with Crippen LogP contribution in [0, 0.1) is 46.3 Å². The summed E-state index contributed by atoms with van der Waals surface area (Å²) in [7, 11) is 1.42. The molecule has 10 atom stereocenters. The van der Waals surface area contributed by atoms with Gasteiger partial charge in [-0.3, -0.25) is 19.2 Å². The number of methoxy groups -OCH3 is 1. The molecule has 0 aromatic carbocycles. The Hall–Kier alpha value is -1.92. The van der Waals surface area contributed by atoms with Crippen molar-refractivity contribution in [3.63, 3.8) is 0 Å². The van der Waals surface area contributed by atoms with Crippen molar-refractivity contribution in [2.45, 2.75) is 105 Å². The third-order valence-electron chi connectivity index (χ3n) is 11.0. The number of hydrogen-bond donors (Lipinski definition) is 0. The summed E-state index contributed by atoms with van der Waals surface area (Å²) in [6, 6.07) is 0. The molecule has 0 saturated heterocycles. The van der Waals surface area contributed by atoms with Gasteiger partial charge < -0.3 is 14.2 Å². The van der Waals surface area contributed by atoms with E-state index in [2.05, 4.69) is 20.8 Å². The standard InChI is InChI=1S/C29H44O7/c1-16(7-10-26(33)34-6)21-8-9-22-27-23(15-25(29(21,22)5)36-18(3)31)28(4)12-11-20(32)13-19(28)14-24(27)35-17(2)30/h16,19,21-25,27H,7-15H2,1-6H3/t16-,19+,21-,22+,23+,24-,25+,27+,28+,29-/m1/s1. The number of ether oxygens (including phenoxy) is 3. The van der Waals surface area contributed by atoms with Crippen LogP contribution in [0.5, 0.6) is 0 Å². The topological polar surface area (TPSA) is 96.0 Å². The second-order valence-corrected chi connectivity index (χ2v) is 12.6. The molecular weight excluding hydrogens is 460 g/mol. The van der Waals surface area contributed by atoms with Gasteiger partial charge in [0.2, 0.25) is 0 Å². The fourth-order valence-corrected chi connectivity index (χ4v) is 9.25. The molecule has 0 spiro atoms. The number of carbonyl (C=O) groups excluding carboxylic acids is 4. The van der Waals surface area contributed by atoms with Crippen LogP contribution in [-0.2, 0) is 33.4 Å². The van der Waals surface area contributed by atoms with Crippen LogP contribution in [0.4, 0.5) is 0 Å². The van der Waals surface area contributed by atoms with Crippen LogP contribution in [0.15, 0.2) is 0 Å². The molecule has 4 rings (SSSR count). The van der Waals surface area contributed by atoms with Crippen molar-refractivity contribution >= 4 is 23.7 Å². The summed E-state index contributed by atoms with van der Waals surface area (Å²) in [5.74, 6) is 0.944. The normalized spacial score (nSPS) is 42.4. The van der Waals surface area contributed by atoms with Crippen molar-refractivity contribution in [1.29, 1.82) is 0 Å². The van der Waals surface area contributed by atoms with Crippen molar-refractivity contribution in [3.8, 4) is 0 Å². The highest BCUT2D eigenvalue weighted by atomic mass is 16.5. The first-order valence-electron chi connectivity index (χ1n) is 13.8.